The van der Waals surface area contributed by atoms with E-state index in [2.05, 4.69) is 5.32 Å². The van der Waals surface area contributed by atoms with Gasteiger partial charge in [-0.05, 0) is 32.0 Å². The van der Waals surface area contributed by atoms with E-state index in [0.717, 1.165) is 0 Å². The van der Waals surface area contributed by atoms with Gasteiger partial charge in [-0.1, -0.05) is 23.2 Å². The summed E-state index contributed by atoms with van der Waals surface area (Å²) >= 11 is 11.7. The molecule has 1 amide bonds. The van der Waals surface area contributed by atoms with Crippen molar-refractivity contribution in [3.8, 4) is 0 Å². The largest absolute Gasteiger partial charge is 0.445 e. The van der Waals surface area contributed by atoms with E-state index < -0.39 is 6.09 Å². The Kier molecular flexibility index (Phi) is 4.90. The number of nitrogens with one attached hydrogen (secondary N) is 1. The molecule has 0 radical (unpaired) electrons. The maximum atomic E-state index is 11.2. The van der Waals surface area contributed by atoms with Gasteiger partial charge in [0.05, 0.1) is 0 Å². The average Bonchev–Trinajstić information content (AvgIpc) is 2.18. The first kappa shape index (κ1) is 13.1. The van der Waals surface area contributed by atoms with Crippen molar-refractivity contribution in [2.24, 2.45) is 0 Å². The van der Waals surface area contributed by atoms with Crippen LogP contribution in [-0.4, -0.2) is 12.1 Å². The molecule has 0 bridgehead atoms. The predicted molar refractivity (Wildman–Crippen MR) is 64.9 cm³/mol. The lowest BCUT2D eigenvalue weighted by Crippen LogP contribution is -2.30. The van der Waals surface area contributed by atoms with Gasteiger partial charge in [0.2, 0.25) is 0 Å². The second-order valence-corrected chi connectivity index (χ2v) is 4.45. The van der Waals surface area contributed by atoms with Crippen molar-refractivity contribution < 1.29 is 9.53 Å². The number of amides is 1. The maximum absolute atomic E-state index is 11.2. The Hall–Kier alpha value is -0.930. The molecule has 0 aliphatic carbocycles. The van der Waals surface area contributed by atoms with Gasteiger partial charge in [0.25, 0.3) is 0 Å². The highest BCUT2D eigenvalue weighted by Gasteiger charge is 2.07. The summed E-state index contributed by atoms with van der Waals surface area (Å²) in [5.41, 5.74) is 0.688. The van der Waals surface area contributed by atoms with E-state index in [1.54, 1.807) is 18.2 Å². The van der Waals surface area contributed by atoms with Crippen LogP contribution in [-0.2, 0) is 11.3 Å². The third-order valence-electron chi connectivity index (χ3n) is 1.77. The fraction of sp³-hybridized carbons (Fsp3) is 0.364. The van der Waals surface area contributed by atoms with Gasteiger partial charge in [-0.25, -0.2) is 4.79 Å². The molecular weight excluding hydrogens is 249 g/mol. The summed E-state index contributed by atoms with van der Waals surface area (Å²) < 4.78 is 4.98. The minimum absolute atomic E-state index is 0.0438. The van der Waals surface area contributed by atoms with Crippen molar-refractivity contribution in [2.45, 2.75) is 26.5 Å². The number of carbonyl (C=O) groups excluding carboxylic acids is 1. The zero-order chi connectivity index (χ0) is 12.1. The summed E-state index contributed by atoms with van der Waals surface area (Å²) in [5.74, 6) is 0. The van der Waals surface area contributed by atoms with Crippen molar-refractivity contribution in [1.29, 1.82) is 0 Å². The molecule has 16 heavy (non-hydrogen) atoms. The van der Waals surface area contributed by atoms with Crippen molar-refractivity contribution >= 4 is 29.3 Å². The minimum Gasteiger partial charge on any atom is -0.445 e. The molecule has 0 fully saturated rings. The smallest absolute Gasteiger partial charge is 0.407 e. The number of hydrogen-bond donors (Lipinski definition) is 1. The Morgan fingerprint density at radius 2 is 2.12 bits per heavy atom. The summed E-state index contributed by atoms with van der Waals surface area (Å²) in [6, 6.07) is 5.07. The molecule has 1 aromatic rings. The molecular formula is C11H13Cl2NO2. The molecule has 0 saturated carbocycles. The van der Waals surface area contributed by atoms with Gasteiger partial charge in [-0.2, -0.15) is 0 Å². The molecule has 0 atom stereocenters. The fourth-order valence-electron chi connectivity index (χ4n) is 1.07. The molecule has 0 aromatic heterocycles. The monoisotopic (exact) mass is 261 g/mol. The maximum Gasteiger partial charge on any atom is 0.407 e. The molecule has 1 N–H and O–H groups in total. The standard InChI is InChI=1S/C11H13Cl2NO2/c1-7(2)14-11(15)16-6-8-5-9(12)3-4-10(8)13/h3-5,7H,6H2,1-2H3,(H,14,15). The Bertz CT molecular complexity index is 380. The van der Waals surface area contributed by atoms with Crippen LogP contribution in [0.1, 0.15) is 19.4 Å². The van der Waals surface area contributed by atoms with E-state index in [0.29, 0.717) is 15.6 Å². The minimum atomic E-state index is -0.467. The van der Waals surface area contributed by atoms with Crippen molar-refractivity contribution in [3.63, 3.8) is 0 Å². The molecule has 0 saturated heterocycles. The second kappa shape index (κ2) is 5.97. The van der Waals surface area contributed by atoms with Gasteiger partial charge in [-0.3, -0.25) is 0 Å². The molecule has 5 heteroatoms. The van der Waals surface area contributed by atoms with Crippen LogP contribution in [0.4, 0.5) is 4.79 Å². The quantitative estimate of drug-likeness (QED) is 0.903. The van der Waals surface area contributed by atoms with Crippen LogP contribution in [0.3, 0.4) is 0 Å². The SMILES string of the molecule is CC(C)NC(=O)OCc1cc(Cl)ccc1Cl. The molecule has 1 aromatic carbocycles. The Morgan fingerprint density at radius 3 is 2.75 bits per heavy atom. The number of halogens is 2. The van der Waals surface area contributed by atoms with E-state index >= 15 is 0 Å². The highest BCUT2D eigenvalue weighted by atomic mass is 35.5. The molecule has 0 unspecified atom stereocenters. The van der Waals surface area contributed by atoms with Crippen LogP contribution >= 0.6 is 23.2 Å². The highest BCUT2D eigenvalue weighted by Crippen LogP contribution is 2.21. The summed E-state index contributed by atoms with van der Waals surface area (Å²) in [6.07, 6.45) is -0.467. The summed E-state index contributed by atoms with van der Waals surface area (Å²) in [7, 11) is 0. The van der Waals surface area contributed by atoms with Crippen LogP contribution < -0.4 is 5.32 Å². The zero-order valence-electron chi connectivity index (χ0n) is 9.09. The topological polar surface area (TPSA) is 38.3 Å². The lowest BCUT2D eigenvalue weighted by atomic mass is 10.2. The van der Waals surface area contributed by atoms with Crippen LogP contribution in [0.5, 0.6) is 0 Å². The highest BCUT2D eigenvalue weighted by molar-refractivity contribution is 6.33. The first-order valence-corrected chi connectivity index (χ1v) is 5.62. The lowest BCUT2D eigenvalue weighted by Gasteiger charge is -2.10. The fourth-order valence-corrected chi connectivity index (χ4v) is 1.44. The normalized spacial score (nSPS) is 10.3. The molecule has 88 valence electrons. The molecule has 0 heterocycles. The van der Waals surface area contributed by atoms with Gasteiger partial charge in [0, 0.05) is 21.7 Å². The molecule has 0 aliphatic heterocycles. The zero-order valence-corrected chi connectivity index (χ0v) is 10.6. The van der Waals surface area contributed by atoms with Crippen molar-refractivity contribution in [3.05, 3.63) is 33.8 Å². The predicted octanol–water partition coefficient (Wildman–Crippen LogP) is 3.63. The van der Waals surface area contributed by atoms with E-state index in [9.17, 15) is 4.79 Å². The van der Waals surface area contributed by atoms with Crippen LogP contribution in [0.25, 0.3) is 0 Å². The second-order valence-electron chi connectivity index (χ2n) is 3.61. The van der Waals surface area contributed by atoms with Gasteiger partial charge in [0.1, 0.15) is 6.61 Å². The van der Waals surface area contributed by atoms with E-state index in [-0.39, 0.29) is 12.6 Å². The van der Waals surface area contributed by atoms with Gasteiger partial charge in [-0.15, -0.1) is 0 Å². The van der Waals surface area contributed by atoms with E-state index in [4.69, 9.17) is 27.9 Å². The van der Waals surface area contributed by atoms with Crippen molar-refractivity contribution in [2.75, 3.05) is 0 Å². The lowest BCUT2D eigenvalue weighted by molar-refractivity contribution is 0.137. The average molecular weight is 262 g/mol. The summed E-state index contributed by atoms with van der Waals surface area (Å²) in [5, 5.41) is 3.70. The third-order valence-corrected chi connectivity index (χ3v) is 2.38. The van der Waals surface area contributed by atoms with Crippen LogP contribution in [0, 0.1) is 0 Å². The number of hydrogen-bond acceptors (Lipinski definition) is 2. The molecule has 1 rings (SSSR count). The third kappa shape index (κ3) is 4.29. The Balaban J connectivity index is 2.54. The number of ether oxygens (including phenoxy) is 1. The van der Waals surface area contributed by atoms with E-state index in [1.807, 2.05) is 13.8 Å². The number of rotatable bonds is 3. The first-order chi connectivity index (χ1) is 7.49. The first-order valence-electron chi connectivity index (χ1n) is 4.86. The van der Waals surface area contributed by atoms with Crippen molar-refractivity contribution in [1.82, 2.24) is 5.32 Å². The number of benzene rings is 1. The molecule has 3 nitrogen and oxygen atoms in total. The van der Waals surface area contributed by atoms with E-state index in [1.165, 1.54) is 0 Å². The van der Waals surface area contributed by atoms with Gasteiger partial charge >= 0.3 is 6.09 Å². The molecule has 0 spiro atoms. The summed E-state index contributed by atoms with van der Waals surface area (Å²) in [6.45, 7) is 3.82. The van der Waals surface area contributed by atoms with Gasteiger partial charge in [0.15, 0.2) is 0 Å². The van der Waals surface area contributed by atoms with Gasteiger partial charge < -0.3 is 10.1 Å². The van der Waals surface area contributed by atoms with Crippen LogP contribution in [0.15, 0.2) is 18.2 Å². The molecule has 0 aliphatic rings. The number of carbonyl (C=O) groups is 1. The summed E-state index contributed by atoms with van der Waals surface area (Å²) in [4.78, 5) is 11.2. The van der Waals surface area contributed by atoms with Crippen LogP contribution in [0.2, 0.25) is 10.0 Å². The Labute approximate surface area is 105 Å². The number of alkyl carbamates (subject to hydrolysis) is 1. The Morgan fingerprint density at radius 1 is 1.44 bits per heavy atom.